The monoisotopic (exact) mass is 398 g/mol. The number of rotatable bonds is 9. The Labute approximate surface area is 168 Å². The van der Waals surface area contributed by atoms with Crippen molar-refractivity contribution >= 4 is 5.97 Å². The van der Waals surface area contributed by atoms with Gasteiger partial charge < -0.3 is 23.4 Å². The second kappa shape index (κ2) is 9.59. The largest absolute Gasteiger partial charge is 0.490 e. The van der Waals surface area contributed by atoms with E-state index in [2.05, 4.69) is 10.2 Å². The number of hydrogen-bond donors (Lipinski definition) is 0. The van der Waals surface area contributed by atoms with Crippen LogP contribution in [0.1, 0.15) is 31.1 Å². The summed E-state index contributed by atoms with van der Waals surface area (Å²) >= 11 is 0. The van der Waals surface area contributed by atoms with E-state index < -0.39 is 5.97 Å². The number of benzene rings is 2. The molecule has 0 aliphatic heterocycles. The van der Waals surface area contributed by atoms with E-state index in [1.807, 2.05) is 20.8 Å². The van der Waals surface area contributed by atoms with Crippen LogP contribution in [0, 0.1) is 0 Å². The third-order valence-electron chi connectivity index (χ3n) is 3.82. The first-order chi connectivity index (χ1) is 14.2. The maximum Gasteiger partial charge on any atom is 0.343 e. The molecule has 3 aromatic rings. The van der Waals surface area contributed by atoms with E-state index in [1.165, 1.54) is 6.39 Å². The molecule has 1 heterocycles. The minimum atomic E-state index is -0.541. The molecule has 8 heteroatoms. The molecule has 0 bridgehead atoms. The number of hydrogen-bond acceptors (Lipinski definition) is 8. The quantitative estimate of drug-likeness (QED) is 0.392. The molecule has 0 saturated heterocycles. The van der Waals surface area contributed by atoms with E-state index in [-0.39, 0.29) is 0 Å². The number of carbonyl (C=O) groups excluding carboxylic acids is 1. The van der Waals surface area contributed by atoms with Gasteiger partial charge in [-0.2, -0.15) is 0 Å². The molecule has 8 nitrogen and oxygen atoms in total. The Kier molecular flexibility index (Phi) is 6.67. The lowest BCUT2D eigenvalue weighted by atomic mass is 10.1. The Morgan fingerprint density at radius 2 is 1.55 bits per heavy atom. The van der Waals surface area contributed by atoms with Crippen molar-refractivity contribution in [2.45, 2.75) is 20.8 Å². The highest BCUT2D eigenvalue weighted by Crippen LogP contribution is 2.39. The van der Waals surface area contributed by atoms with E-state index >= 15 is 0 Å². The zero-order chi connectivity index (χ0) is 20.6. The fourth-order valence-corrected chi connectivity index (χ4v) is 2.64. The third kappa shape index (κ3) is 4.84. The van der Waals surface area contributed by atoms with Crippen molar-refractivity contribution in [3.63, 3.8) is 0 Å². The molecule has 0 unspecified atom stereocenters. The zero-order valence-corrected chi connectivity index (χ0v) is 16.5. The molecule has 29 heavy (non-hydrogen) atoms. The lowest BCUT2D eigenvalue weighted by molar-refractivity contribution is 0.0733. The topological polar surface area (TPSA) is 92.9 Å². The second-order valence-corrected chi connectivity index (χ2v) is 5.76. The molecule has 0 atom stereocenters. The average molecular weight is 398 g/mol. The van der Waals surface area contributed by atoms with Gasteiger partial charge in [0, 0.05) is 5.56 Å². The average Bonchev–Trinajstić information content (AvgIpc) is 3.26. The van der Waals surface area contributed by atoms with Gasteiger partial charge in [0.2, 0.25) is 18.0 Å². The van der Waals surface area contributed by atoms with Crippen LogP contribution in [-0.2, 0) is 0 Å². The highest BCUT2D eigenvalue weighted by atomic mass is 16.5. The lowest BCUT2D eigenvalue weighted by Crippen LogP contribution is -2.11. The van der Waals surface area contributed by atoms with Gasteiger partial charge in [-0.1, -0.05) is 0 Å². The second-order valence-electron chi connectivity index (χ2n) is 5.76. The van der Waals surface area contributed by atoms with Crippen LogP contribution in [0.2, 0.25) is 0 Å². The van der Waals surface area contributed by atoms with Crippen molar-refractivity contribution in [2.24, 2.45) is 0 Å². The van der Waals surface area contributed by atoms with Crippen LogP contribution in [0.3, 0.4) is 0 Å². The molecule has 1 aromatic heterocycles. The molecule has 0 amide bonds. The highest BCUT2D eigenvalue weighted by molar-refractivity contribution is 5.92. The van der Waals surface area contributed by atoms with Crippen LogP contribution in [0.4, 0.5) is 0 Å². The SMILES string of the molecule is CCOc1cc(C(=O)Oc2ccc(-c3nnco3)cc2)cc(OCC)c1OCC. The molecule has 0 aliphatic carbocycles. The van der Waals surface area contributed by atoms with Crippen molar-refractivity contribution in [1.29, 1.82) is 0 Å². The Bertz CT molecular complexity index is 911. The number of ether oxygens (including phenoxy) is 4. The molecule has 3 rings (SSSR count). The summed E-state index contributed by atoms with van der Waals surface area (Å²) in [6.07, 6.45) is 1.25. The predicted octanol–water partition coefficient (Wildman–Crippen LogP) is 4.15. The van der Waals surface area contributed by atoms with Gasteiger partial charge in [0.05, 0.1) is 25.4 Å². The maximum absolute atomic E-state index is 12.7. The van der Waals surface area contributed by atoms with Crippen LogP contribution in [0.5, 0.6) is 23.0 Å². The summed E-state index contributed by atoms with van der Waals surface area (Å²) in [5, 5.41) is 7.48. The van der Waals surface area contributed by atoms with Gasteiger partial charge in [0.1, 0.15) is 5.75 Å². The highest BCUT2D eigenvalue weighted by Gasteiger charge is 2.19. The zero-order valence-electron chi connectivity index (χ0n) is 16.5. The molecule has 0 spiro atoms. The molecule has 0 aliphatic rings. The molecule has 2 aromatic carbocycles. The minimum absolute atomic E-state index is 0.293. The van der Waals surface area contributed by atoms with Gasteiger partial charge in [0.25, 0.3) is 0 Å². The Morgan fingerprint density at radius 3 is 2.07 bits per heavy atom. The van der Waals surface area contributed by atoms with Gasteiger partial charge in [-0.05, 0) is 57.2 Å². The first kappa shape index (κ1) is 20.2. The van der Waals surface area contributed by atoms with Crippen molar-refractivity contribution in [3.05, 3.63) is 48.4 Å². The Morgan fingerprint density at radius 1 is 0.931 bits per heavy atom. The molecule has 0 radical (unpaired) electrons. The van der Waals surface area contributed by atoms with Crippen LogP contribution >= 0.6 is 0 Å². The van der Waals surface area contributed by atoms with E-state index in [1.54, 1.807) is 36.4 Å². The van der Waals surface area contributed by atoms with Crippen molar-refractivity contribution in [1.82, 2.24) is 10.2 Å². The Hall–Kier alpha value is -3.55. The van der Waals surface area contributed by atoms with E-state index in [0.717, 1.165) is 5.56 Å². The van der Waals surface area contributed by atoms with Crippen molar-refractivity contribution in [2.75, 3.05) is 19.8 Å². The maximum atomic E-state index is 12.7. The molecule has 0 saturated carbocycles. The Balaban J connectivity index is 1.84. The normalized spacial score (nSPS) is 10.4. The first-order valence-electron chi connectivity index (χ1n) is 9.31. The number of nitrogens with zero attached hydrogens (tertiary/aromatic N) is 2. The summed E-state index contributed by atoms with van der Waals surface area (Å²) < 4.78 is 27.6. The van der Waals surface area contributed by atoms with Gasteiger partial charge in [-0.15, -0.1) is 10.2 Å². The number of carbonyl (C=O) groups is 1. The van der Waals surface area contributed by atoms with E-state index in [9.17, 15) is 4.79 Å². The van der Waals surface area contributed by atoms with Crippen LogP contribution in [0.25, 0.3) is 11.5 Å². The van der Waals surface area contributed by atoms with E-state index in [0.29, 0.717) is 54.3 Å². The minimum Gasteiger partial charge on any atom is -0.490 e. The summed E-state index contributed by atoms with van der Waals surface area (Å²) in [5.74, 6) is 1.55. The van der Waals surface area contributed by atoms with Crippen LogP contribution < -0.4 is 18.9 Å². The van der Waals surface area contributed by atoms with Crippen LogP contribution in [0.15, 0.2) is 47.2 Å². The first-order valence-corrected chi connectivity index (χ1v) is 9.31. The van der Waals surface area contributed by atoms with Gasteiger partial charge in [-0.25, -0.2) is 4.79 Å². The molecular formula is C21H22N2O6. The lowest BCUT2D eigenvalue weighted by Gasteiger charge is -2.16. The van der Waals surface area contributed by atoms with Crippen molar-refractivity contribution < 1.29 is 28.2 Å². The molecule has 152 valence electrons. The third-order valence-corrected chi connectivity index (χ3v) is 3.82. The number of aromatic nitrogens is 2. The van der Waals surface area contributed by atoms with Gasteiger partial charge in [-0.3, -0.25) is 0 Å². The molecule has 0 N–H and O–H groups in total. The van der Waals surface area contributed by atoms with Gasteiger partial charge >= 0.3 is 5.97 Å². The summed E-state index contributed by atoms with van der Waals surface area (Å²) in [4.78, 5) is 12.7. The summed E-state index contributed by atoms with van der Waals surface area (Å²) in [7, 11) is 0. The van der Waals surface area contributed by atoms with E-state index in [4.69, 9.17) is 23.4 Å². The number of esters is 1. The summed E-state index contributed by atoms with van der Waals surface area (Å²) in [6, 6.07) is 9.94. The van der Waals surface area contributed by atoms with Gasteiger partial charge in [0.15, 0.2) is 11.5 Å². The summed E-state index contributed by atoms with van der Waals surface area (Å²) in [5.41, 5.74) is 1.02. The predicted molar refractivity (Wildman–Crippen MR) is 105 cm³/mol. The molecule has 0 fully saturated rings. The molecular weight excluding hydrogens is 376 g/mol. The summed E-state index contributed by atoms with van der Waals surface area (Å²) in [6.45, 7) is 6.85. The fraction of sp³-hybridized carbons (Fsp3) is 0.286. The van der Waals surface area contributed by atoms with Crippen molar-refractivity contribution in [3.8, 4) is 34.5 Å². The fourth-order valence-electron chi connectivity index (χ4n) is 2.64. The smallest absolute Gasteiger partial charge is 0.343 e. The standard InChI is InChI=1S/C21H22N2O6/c1-4-25-17-11-15(12-18(26-5-2)19(17)27-6-3)21(24)29-16-9-7-14(8-10-16)20-23-22-13-28-20/h7-13H,4-6H2,1-3H3. The van der Waals surface area contributed by atoms with Crippen LogP contribution in [-0.4, -0.2) is 36.0 Å².